The molecule has 27 heavy (non-hydrogen) atoms. The molecule has 0 bridgehead atoms. The van der Waals surface area contributed by atoms with Crippen LogP contribution in [-0.2, 0) is 0 Å². The quantitative estimate of drug-likeness (QED) is 0.487. The molecule has 0 saturated heterocycles. The van der Waals surface area contributed by atoms with Crippen molar-refractivity contribution in [3.63, 3.8) is 0 Å². The SMILES string of the molecule is O=C(O)c1ccc(N[C@H](CC(=O)c2ccccc2)c2ccc(Br)cc2)cc1. The van der Waals surface area contributed by atoms with Gasteiger partial charge in [0.15, 0.2) is 5.78 Å². The molecule has 0 saturated carbocycles. The highest BCUT2D eigenvalue weighted by atomic mass is 79.9. The predicted molar refractivity (Wildman–Crippen MR) is 109 cm³/mol. The van der Waals surface area contributed by atoms with Crippen molar-refractivity contribution in [2.24, 2.45) is 0 Å². The molecule has 0 aliphatic rings. The topological polar surface area (TPSA) is 66.4 Å². The lowest BCUT2D eigenvalue weighted by molar-refractivity contribution is 0.0696. The van der Waals surface area contributed by atoms with E-state index >= 15 is 0 Å². The van der Waals surface area contributed by atoms with Gasteiger partial charge in [-0.15, -0.1) is 0 Å². The first-order valence-electron chi connectivity index (χ1n) is 8.46. The molecule has 0 unspecified atom stereocenters. The van der Waals surface area contributed by atoms with Crippen LogP contribution in [-0.4, -0.2) is 16.9 Å². The third-order valence-corrected chi connectivity index (χ3v) is 4.76. The molecule has 4 nitrogen and oxygen atoms in total. The largest absolute Gasteiger partial charge is 0.478 e. The van der Waals surface area contributed by atoms with Crippen LogP contribution in [0.5, 0.6) is 0 Å². The number of anilines is 1. The number of carbonyl (C=O) groups excluding carboxylic acids is 1. The van der Waals surface area contributed by atoms with Gasteiger partial charge < -0.3 is 10.4 Å². The molecule has 1 atom stereocenters. The lowest BCUT2D eigenvalue weighted by Crippen LogP contribution is -2.16. The van der Waals surface area contributed by atoms with Crippen molar-refractivity contribution in [3.05, 3.63) is 100 Å². The summed E-state index contributed by atoms with van der Waals surface area (Å²) in [6.07, 6.45) is 0.284. The highest BCUT2D eigenvalue weighted by Crippen LogP contribution is 2.26. The van der Waals surface area contributed by atoms with Crippen LogP contribution in [0.1, 0.15) is 38.7 Å². The van der Waals surface area contributed by atoms with E-state index in [1.807, 2.05) is 54.6 Å². The Kier molecular flexibility index (Phi) is 6.04. The van der Waals surface area contributed by atoms with Gasteiger partial charge in [0.25, 0.3) is 0 Å². The Hall–Kier alpha value is -2.92. The standard InChI is InChI=1S/C22H18BrNO3/c23-18-10-6-15(7-11-18)20(14-21(25)16-4-2-1-3-5-16)24-19-12-8-17(9-13-19)22(26)27/h1-13,20,24H,14H2,(H,26,27)/t20-/m1/s1. The van der Waals surface area contributed by atoms with Gasteiger partial charge in [-0.2, -0.15) is 0 Å². The number of carboxylic acid groups (broad SMARTS) is 1. The van der Waals surface area contributed by atoms with Crippen LogP contribution in [0.2, 0.25) is 0 Å². The maximum atomic E-state index is 12.7. The minimum absolute atomic E-state index is 0.0400. The first-order chi connectivity index (χ1) is 13.0. The van der Waals surface area contributed by atoms with Crippen molar-refractivity contribution in [1.29, 1.82) is 0 Å². The van der Waals surface area contributed by atoms with Gasteiger partial charge in [0.2, 0.25) is 0 Å². The molecule has 2 N–H and O–H groups in total. The first kappa shape index (κ1) is 18.9. The van der Waals surface area contributed by atoms with Gasteiger partial charge in [0.05, 0.1) is 11.6 Å². The zero-order valence-corrected chi connectivity index (χ0v) is 16.0. The molecular formula is C22H18BrNO3. The smallest absolute Gasteiger partial charge is 0.335 e. The van der Waals surface area contributed by atoms with Gasteiger partial charge in [-0.05, 0) is 42.0 Å². The van der Waals surface area contributed by atoms with Gasteiger partial charge >= 0.3 is 5.97 Å². The second kappa shape index (κ2) is 8.64. The third-order valence-electron chi connectivity index (χ3n) is 4.23. The number of hydrogen-bond acceptors (Lipinski definition) is 3. The lowest BCUT2D eigenvalue weighted by atomic mass is 9.97. The van der Waals surface area contributed by atoms with Gasteiger partial charge in [0.1, 0.15) is 0 Å². The molecule has 0 fully saturated rings. The minimum Gasteiger partial charge on any atom is -0.478 e. The van der Waals surface area contributed by atoms with Crippen molar-refractivity contribution in [3.8, 4) is 0 Å². The second-order valence-electron chi connectivity index (χ2n) is 6.12. The van der Waals surface area contributed by atoms with Gasteiger partial charge in [-0.3, -0.25) is 4.79 Å². The van der Waals surface area contributed by atoms with Crippen LogP contribution in [0.4, 0.5) is 5.69 Å². The fraction of sp³-hybridized carbons (Fsp3) is 0.0909. The Bertz CT molecular complexity index is 922. The summed E-state index contributed by atoms with van der Waals surface area (Å²) >= 11 is 3.43. The van der Waals surface area contributed by atoms with Crippen molar-refractivity contribution < 1.29 is 14.7 Å². The van der Waals surface area contributed by atoms with E-state index in [-0.39, 0.29) is 23.8 Å². The number of aromatic carboxylic acids is 1. The summed E-state index contributed by atoms with van der Waals surface area (Å²) in [5.74, 6) is -0.927. The van der Waals surface area contributed by atoms with E-state index in [4.69, 9.17) is 5.11 Å². The maximum absolute atomic E-state index is 12.7. The number of benzene rings is 3. The summed E-state index contributed by atoms with van der Waals surface area (Å²) in [4.78, 5) is 23.7. The number of halogens is 1. The number of Topliss-reactive ketones (excluding diaryl/α,β-unsaturated/α-hetero) is 1. The molecule has 3 aromatic rings. The van der Waals surface area contributed by atoms with E-state index < -0.39 is 5.97 Å². The Labute approximate surface area is 166 Å². The third kappa shape index (κ3) is 5.05. The van der Waals surface area contributed by atoms with Gasteiger partial charge in [-0.1, -0.05) is 58.4 Å². The molecule has 136 valence electrons. The molecular weight excluding hydrogens is 406 g/mol. The van der Waals surface area contributed by atoms with Crippen molar-refractivity contribution in [2.45, 2.75) is 12.5 Å². The average Bonchev–Trinajstić information content (AvgIpc) is 2.69. The summed E-state index contributed by atoms with van der Waals surface area (Å²) in [6, 6.07) is 23.3. The average molecular weight is 424 g/mol. The molecule has 0 spiro atoms. The molecule has 0 heterocycles. The zero-order valence-electron chi connectivity index (χ0n) is 14.4. The molecule has 0 radical (unpaired) electrons. The number of carboxylic acids is 1. The lowest BCUT2D eigenvalue weighted by Gasteiger charge is -2.20. The monoisotopic (exact) mass is 423 g/mol. The summed E-state index contributed by atoms with van der Waals surface area (Å²) in [5, 5.41) is 12.4. The van der Waals surface area contributed by atoms with E-state index in [0.717, 1.165) is 15.7 Å². The van der Waals surface area contributed by atoms with Crippen molar-refractivity contribution in [1.82, 2.24) is 0 Å². The maximum Gasteiger partial charge on any atom is 0.335 e. The zero-order chi connectivity index (χ0) is 19.2. The molecule has 0 aromatic heterocycles. The van der Waals surface area contributed by atoms with Crippen LogP contribution < -0.4 is 5.32 Å². The Morgan fingerprint density at radius 2 is 1.48 bits per heavy atom. The number of rotatable bonds is 7. The fourth-order valence-corrected chi connectivity index (χ4v) is 3.05. The Morgan fingerprint density at radius 3 is 2.07 bits per heavy atom. The van der Waals surface area contributed by atoms with E-state index in [1.54, 1.807) is 24.3 Å². The van der Waals surface area contributed by atoms with E-state index in [0.29, 0.717) is 5.56 Å². The fourth-order valence-electron chi connectivity index (χ4n) is 2.78. The predicted octanol–water partition coefficient (Wildman–Crippen LogP) is 5.57. The Balaban J connectivity index is 1.84. The van der Waals surface area contributed by atoms with E-state index in [2.05, 4.69) is 21.2 Å². The van der Waals surface area contributed by atoms with E-state index in [1.165, 1.54) is 0 Å². The number of carbonyl (C=O) groups is 2. The van der Waals surface area contributed by atoms with E-state index in [9.17, 15) is 9.59 Å². The summed E-state index contributed by atoms with van der Waals surface area (Å²) in [7, 11) is 0. The summed E-state index contributed by atoms with van der Waals surface area (Å²) in [5.41, 5.74) is 2.63. The summed E-state index contributed by atoms with van der Waals surface area (Å²) in [6.45, 7) is 0. The first-order valence-corrected chi connectivity index (χ1v) is 9.26. The molecule has 0 aliphatic heterocycles. The highest BCUT2D eigenvalue weighted by molar-refractivity contribution is 9.10. The van der Waals surface area contributed by atoms with Crippen LogP contribution in [0.3, 0.4) is 0 Å². The van der Waals surface area contributed by atoms with Crippen LogP contribution in [0, 0.1) is 0 Å². The van der Waals surface area contributed by atoms with Crippen molar-refractivity contribution in [2.75, 3.05) is 5.32 Å². The van der Waals surface area contributed by atoms with Gasteiger partial charge in [-0.25, -0.2) is 4.79 Å². The van der Waals surface area contributed by atoms with Crippen LogP contribution in [0.25, 0.3) is 0 Å². The molecule has 0 amide bonds. The Morgan fingerprint density at radius 1 is 0.852 bits per heavy atom. The van der Waals surface area contributed by atoms with Crippen molar-refractivity contribution >= 4 is 33.4 Å². The highest BCUT2D eigenvalue weighted by Gasteiger charge is 2.17. The second-order valence-corrected chi connectivity index (χ2v) is 7.04. The molecule has 0 aliphatic carbocycles. The number of nitrogens with one attached hydrogen (secondary N) is 1. The number of hydrogen-bond donors (Lipinski definition) is 2. The minimum atomic E-state index is -0.967. The molecule has 5 heteroatoms. The summed E-state index contributed by atoms with van der Waals surface area (Å²) < 4.78 is 0.963. The normalized spacial score (nSPS) is 11.6. The van der Waals surface area contributed by atoms with Gasteiger partial charge in [0, 0.05) is 22.1 Å². The van der Waals surface area contributed by atoms with Crippen LogP contribution in [0.15, 0.2) is 83.3 Å². The van der Waals surface area contributed by atoms with Crippen LogP contribution >= 0.6 is 15.9 Å². The molecule has 3 rings (SSSR count). The molecule has 3 aromatic carbocycles. The number of ketones is 1.